The second-order valence-electron chi connectivity index (χ2n) is 5.26. The van der Waals surface area contributed by atoms with E-state index in [0.717, 1.165) is 31.9 Å². The van der Waals surface area contributed by atoms with E-state index in [1.54, 1.807) is 0 Å². The minimum atomic E-state index is 0.318. The first kappa shape index (κ1) is 15.7. The molecule has 4 heteroatoms. The van der Waals surface area contributed by atoms with Gasteiger partial charge in [-0.3, -0.25) is 0 Å². The van der Waals surface area contributed by atoms with Gasteiger partial charge in [-0.2, -0.15) is 5.10 Å². The quantitative estimate of drug-likeness (QED) is 0.810. The first-order chi connectivity index (χ1) is 10.2. The Hall–Kier alpha value is -1.65. The molecule has 1 aromatic carbocycles. The molecular formula is C17H26N4. The highest BCUT2D eigenvalue weighted by atomic mass is 15.3. The van der Waals surface area contributed by atoms with Crippen molar-refractivity contribution >= 4 is 0 Å². The van der Waals surface area contributed by atoms with Crippen molar-refractivity contribution in [3.63, 3.8) is 0 Å². The van der Waals surface area contributed by atoms with Crippen LogP contribution in [-0.2, 0) is 0 Å². The molecule has 4 nitrogen and oxygen atoms in total. The highest BCUT2D eigenvalue weighted by Gasteiger charge is 2.08. The lowest BCUT2D eigenvalue weighted by atomic mass is 10.2. The van der Waals surface area contributed by atoms with Crippen molar-refractivity contribution < 1.29 is 0 Å². The Morgan fingerprint density at radius 1 is 1.19 bits per heavy atom. The van der Waals surface area contributed by atoms with E-state index in [-0.39, 0.29) is 0 Å². The fourth-order valence-electron chi connectivity index (χ4n) is 2.38. The summed E-state index contributed by atoms with van der Waals surface area (Å²) in [5, 5.41) is 8.02. The van der Waals surface area contributed by atoms with Crippen LogP contribution in [0, 0.1) is 0 Å². The Morgan fingerprint density at radius 2 is 1.90 bits per heavy atom. The Bertz CT molecular complexity index is 517. The summed E-state index contributed by atoms with van der Waals surface area (Å²) >= 11 is 0. The number of benzene rings is 1. The van der Waals surface area contributed by atoms with Gasteiger partial charge >= 0.3 is 0 Å². The minimum Gasteiger partial charge on any atom is -0.309 e. The predicted molar refractivity (Wildman–Crippen MR) is 87.8 cm³/mol. The number of hydrogen-bond donors (Lipinski definition) is 1. The van der Waals surface area contributed by atoms with Crippen LogP contribution in [0.4, 0.5) is 0 Å². The number of hydrogen-bond acceptors (Lipinski definition) is 3. The summed E-state index contributed by atoms with van der Waals surface area (Å²) in [4.78, 5) is 2.42. The van der Waals surface area contributed by atoms with Crippen LogP contribution in [0.1, 0.15) is 32.4 Å². The van der Waals surface area contributed by atoms with Crippen molar-refractivity contribution in [1.82, 2.24) is 20.0 Å². The van der Waals surface area contributed by atoms with E-state index in [0.29, 0.717) is 6.04 Å². The van der Waals surface area contributed by atoms with Gasteiger partial charge in [0, 0.05) is 30.9 Å². The standard InChI is InChI=1S/C17H26N4/c1-4-20(5-2)12-11-18-15(3)16-13-19-21(14-16)17-9-7-6-8-10-17/h6-10,13-15,18H,4-5,11-12H2,1-3H3. The zero-order valence-corrected chi connectivity index (χ0v) is 13.3. The lowest BCUT2D eigenvalue weighted by Gasteiger charge is -2.19. The molecule has 0 aliphatic heterocycles. The molecular weight excluding hydrogens is 260 g/mol. The van der Waals surface area contributed by atoms with Crippen LogP contribution >= 0.6 is 0 Å². The molecule has 2 aromatic rings. The topological polar surface area (TPSA) is 33.1 Å². The van der Waals surface area contributed by atoms with Gasteiger partial charge in [0.1, 0.15) is 0 Å². The predicted octanol–water partition coefficient (Wildman–Crippen LogP) is 2.86. The molecule has 0 fully saturated rings. The molecule has 0 amide bonds. The molecule has 1 unspecified atom stereocenters. The normalized spacial score (nSPS) is 12.8. The summed E-state index contributed by atoms with van der Waals surface area (Å²) in [6, 6.07) is 10.5. The van der Waals surface area contributed by atoms with Crippen molar-refractivity contribution in [3.05, 3.63) is 48.3 Å². The lowest BCUT2D eigenvalue weighted by molar-refractivity contribution is 0.298. The molecule has 1 aromatic heterocycles. The van der Waals surface area contributed by atoms with E-state index in [1.807, 2.05) is 29.1 Å². The van der Waals surface area contributed by atoms with Gasteiger partial charge in [0.25, 0.3) is 0 Å². The van der Waals surface area contributed by atoms with Gasteiger partial charge in [0.2, 0.25) is 0 Å². The van der Waals surface area contributed by atoms with Crippen molar-refractivity contribution in [2.45, 2.75) is 26.8 Å². The Kier molecular flexibility index (Phi) is 5.96. The van der Waals surface area contributed by atoms with Crippen molar-refractivity contribution in [2.75, 3.05) is 26.2 Å². The molecule has 1 heterocycles. The summed E-state index contributed by atoms with van der Waals surface area (Å²) in [6.45, 7) is 10.9. The summed E-state index contributed by atoms with van der Waals surface area (Å²) in [5.41, 5.74) is 2.32. The smallest absolute Gasteiger partial charge is 0.0645 e. The van der Waals surface area contributed by atoms with Crippen LogP contribution in [0.15, 0.2) is 42.7 Å². The van der Waals surface area contributed by atoms with Gasteiger partial charge in [-0.15, -0.1) is 0 Å². The van der Waals surface area contributed by atoms with Gasteiger partial charge in [-0.05, 0) is 32.1 Å². The van der Waals surface area contributed by atoms with Gasteiger partial charge in [0.15, 0.2) is 0 Å². The number of nitrogens with one attached hydrogen (secondary N) is 1. The lowest BCUT2D eigenvalue weighted by Crippen LogP contribution is -2.32. The fourth-order valence-corrected chi connectivity index (χ4v) is 2.38. The number of rotatable bonds is 8. The van der Waals surface area contributed by atoms with Crippen LogP contribution in [0.2, 0.25) is 0 Å². The van der Waals surface area contributed by atoms with E-state index in [1.165, 1.54) is 5.56 Å². The zero-order chi connectivity index (χ0) is 15.1. The van der Waals surface area contributed by atoms with Crippen LogP contribution in [-0.4, -0.2) is 40.9 Å². The maximum atomic E-state index is 4.45. The molecule has 0 saturated carbocycles. The first-order valence-electron chi connectivity index (χ1n) is 7.80. The Labute approximate surface area is 127 Å². The monoisotopic (exact) mass is 286 g/mol. The molecule has 0 aliphatic carbocycles. The molecule has 2 rings (SSSR count). The van der Waals surface area contributed by atoms with E-state index >= 15 is 0 Å². The highest BCUT2D eigenvalue weighted by Crippen LogP contribution is 2.13. The van der Waals surface area contributed by atoms with Gasteiger partial charge in [0.05, 0.1) is 11.9 Å². The van der Waals surface area contributed by atoms with Crippen LogP contribution in [0.5, 0.6) is 0 Å². The van der Waals surface area contributed by atoms with Crippen molar-refractivity contribution in [3.8, 4) is 5.69 Å². The third-order valence-corrected chi connectivity index (χ3v) is 3.90. The summed E-state index contributed by atoms with van der Waals surface area (Å²) in [6.07, 6.45) is 4.05. The number of para-hydroxylation sites is 1. The van der Waals surface area contributed by atoms with Gasteiger partial charge < -0.3 is 10.2 Å². The number of likely N-dealkylation sites (N-methyl/N-ethyl adjacent to an activating group) is 1. The Morgan fingerprint density at radius 3 is 2.57 bits per heavy atom. The summed E-state index contributed by atoms with van der Waals surface area (Å²) in [7, 11) is 0. The zero-order valence-electron chi connectivity index (χ0n) is 13.3. The Balaban J connectivity index is 1.89. The van der Waals surface area contributed by atoms with Crippen LogP contribution in [0.3, 0.4) is 0 Å². The second-order valence-corrected chi connectivity index (χ2v) is 5.26. The van der Waals surface area contributed by atoms with Crippen molar-refractivity contribution in [2.24, 2.45) is 0 Å². The fraction of sp³-hybridized carbons (Fsp3) is 0.471. The van der Waals surface area contributed by atoms with Crippen molar-refractivity contribution in [1.29, 1.82) is 0 Å². The molecule has 0 saturated heterocycles. The third-order valence-electron chi connectivity index (χ3n) is 3.90. The molecule has 0 aliphatic rings. The molecule has 21 heavy (non-hydrogen) atoms. The van der Waals surface area contributed by atoms with Gasteiger partial charge in [-0.25, -0.2) is 4.68 Å². The third kappa shape index (κ3) is 4.41. The van der Waals surface area contributed by atoms with Crippen LogP contribution in [0.25, 0.3) is 5.69 Å². The van der Waals surface area contributed by atoms with E-state index < -0.39 is 0 Å². The molecule has 0 bridgehead atoms. The summed E-state index contributed by atoms with van der Waals surface area (Å²) < 4.78 is 1.93. The average Bonchev–Trinajstić information content (AvgIpc) is 3.02. The number of nitrogens with zero attached hydrogens (tertiary/aromatic N) is 3. The molecule has 0 radical (unpaired) electrons. The SMILES string of the molecule is CCN(CC)CCNC(C)c1cnn(-c2ccccc2)c1. The maximum absolute atomic E-state index is 4.45. The minimum absolute atomic E-state index is 0.318. The van der Waals surface area contributed by atoms with Gasteiger partial charge in [-0.1, -0.05) is 32.0 Å². The second kappa shape index (κ2) is 7.96. The van der Waals surface area contributed by atoms with E-state index in [2.05, 4.69) is 54.4 Å². The maximum Gasteiger partial charge on any atom is 0.0645 e. The molecule has 0 spiro atoms. The first-order valence-corrected chi connectivity index (χ1v) is 7.80. The largest absolute Gasteiger partial charge is 0.309 e. The molecule has 1 N–H and O–H groups in total. The van der Waals surface area contributed by atoms with Crippen LogP contribution < -0.4 is 5.32 Å². The average molecular weight is 286 g/mol. The van der Waals surface area contributed by atoms with E-state index in [9.17, 15) is 0 Å². The molecule has 1 atom stereocenters. The highest BCUT2D eigenvalue weighted by molar-refractivity contribution is 5.31. The van der Waals surface area contributed by atoms with E-state index in [4.69, 9.17) is 0 Å². The summed E-state index contributed by atoms with van der Waals surface area (Å²) in [5.74, 6) is 0. The number of aromatic nitrogens is 2. The molecule has 114 valence electrons.